The van der Waals surface area contributed by atoms with Crippen LogP contribution in [0.3, 0.4) is 0 Å². The van der Waals surface area contributed by atoms with Crippen LogP contribution in [0.15, 0.2) is 24.5 Å². The van der Waals surface area contributed by atoms with Gasteiger partial charge in [0.2, 0.25) is 0 Å². The summed E-state index contributed by atoms with van der Waals surface area (Å²) in [6, 6.07) is 4.61. The van der Waals surface area contributed by atoms with Gasteiger partial charge in [-0.3, -0.25) is 4.98 Å². The number of aromatic nitrogens is 1. The number of nitrogens with zero attached hydrogens (tertiary/aromatic N) is 1. The van der Waals surface area contributed by atoms with Gasteiger partial charge in [-0.1, -0.05) is 19.9 Å². The minimum atomic E-state index is 0.392. The van der Waals surface area contributed by atoms with Crippen LogP contribution in [0.5, 0.6) is 0 Å². The molecule has 2 heterocycles. The third kappa shape index (κ3) is 1.12. The van der Waals surface area contributed by atoms with Crippen LogP contribution in [0.4, 0.5) is 0 Å². The summed E-state index contributed by atoms with van der Waals surface area (Å²) in [5.74, 6) is 0. The van der Waals surface area contributed by atoms with Crippen molar-refractivity contribution in [2.75, 3.05) is 6.54 Å². The van der Waals surface area contributed by atoms with Crippen LogP contribution in [-0.2, 0) is 0 Å². The first-order valence-corrected chi connectivity index (χ1v) is 4.33. The molecule has 0 aliphatic carbocycles. The zero-order chi connectivity index (χ0) is 8.60. The molecule has 0 amide bonds. The molecule has 0 aromatic carbocycles. The zero-order valence-electron chi connectivity index (χ0n) is 7.54. The van der Waals surface area contributed by atoms with Crippen LogP contribution in [0.2, 0.25) is 0 Å². The Hall–Kier alpha value is -0.890. The monoisotopic (exact) mass is 162 g/mol. The van der Waals surface area contributed by atoms with Gasteiger partial charge in [0, 0.05) is 25.0 Å². The highest BCUT2D eigenvalue weighted by molar-refractivity contribution is 5.20. The second-order valence-electron chi connectivity index (χ2n) is 4.09. The second-order valence-corrected chi connectivity index (χ2v) is 4.09. The van der Waals surface area contributed by atoms with Gasteiger partial charge in [0.1, 0.15) is 0 Å². The van der Waals surface area contributed by atoms with Crippen molar-refractivity contribution >= 4 is 0 Å². The van der Waals surface area contributed by atoms with Gasteiger partial charge in [-0.25, -0.2) is 0 Å². The van der Waals surface area contributed by atoms with Crippen LogP contribution in [0, 0.1) is 5.41 Å². The lowest BCUT2D eigenvalue weighted by Gasteiger charge is -2.45. The summed E-state index contributed by atoms with van der Waals surface area (Å²) in [5.41, 5.74) is 1.69. The van der Waals surface area contributed by atoms with E-state index in [0.717, 1.165) is 6.54 Å². The molecular weight excluding hydrogens is 148 g/mol. The first-order valence-electron chi connectivity index (χ1n) is 4.33. The summed E-state index contributed by atoms with van der Waals surface area (Å²) in [6.45, 7) is 5.66. The number of rotatable bonds is 1. The molecule has 1 aromatic heterocycles. The topological polar surface area (TPSA) is 24.9 Å². The summed E-state index contributed by atoms with van der Waals surface area (Å²) >= 11 is 0. The van der Waals surface area contributed by atoms with Crippen molar-refractivity contribution in [1.29, 1.82) is 0 Å². The largest absolute Gasteiger partial charge is 0.309 e. The Bertz CT molecular complexity index is 266. The second kappa shape index (κ2) is 2.56. The van der Waals surface area contributed by atoms with E-state index in [1.807, 2.05) is 18.5 Å². The van der Waals surface area contributed by atoms with E-state index in [1.165, 1.54) is 5.56 Å². The van der Waals surface area contributed by atoms with Crippen LogP contribution >= 0.6 is 0 Å². The fourth-order valence-corrected chi connectivity index (χ4v) is 1.73. The fourth-order valence-electron chi connectivity index (χ4n) is 1.73. The molecule has 0 spiro atoms. The normalized spacial score (nSPS) is 26.3. The average Bonchev–Trinajstić information content (AvgIpc) is 2.05. The van der Waals surface area contributed by atoms with Crippen molar-refractivity contribution in [2.45, 2.75) is 19.9 Å². The van der Waals surface area contributed by atoms with E-state index in [9.17, 15) is 0 Å². The number of hydrogen-bond donors (Lipinski definition) is 1. The van der Waals surface area contributed by atoms with Gasteiger partial charge in [0.05, 0.1) is 0 Å². The predicted octanol–water partition coefficient (Wildman–Crippen LogP) is 1.75. The van der Waals surface area contributed by atoms with Crippen molar-refractivity contribution in [3.8, 4) is 0 Å². The number of nitrogens with one attached hydrogen (secondary N) is 1. The molecule has 2 nitrogen and oxygen atoms in total. The SMILES string of the molecule is CC1(C)CN[C@@H]1c1cccnc1. The zero-order valence-corrected chi connectivity index (χ0v) is 7.54. The lowest BCUT2D eigenvalue weighted by Crippen LogP contribution is -2.52. The molecule has 0 saturated carbocycles. The molecule has 12 heavy (non-hydrogen) atoms. The van der Waals surface area contributed by atoms with Crippen molar-refractivity contribution in [1.82, 2.24) is 10.3 Å². The van der Waals surface area contributed by atoms with Crippen molar-refractivity contribution in [2.24, 2.45) is 5.41 Å². The minimum Gasteiger partial charge on any atom is -0.309 e. The summed E-state index contributed by atoms with van der Waals surface area (Å²) in [4.78, 5) is 4.11. The smallest absolute Gasteiger partial charge is 0.0399 e. The van der Waals surface area contributed by atoms with Gasteiger partial charge in [-0.05, 0) is 17.0 Å². The molecule has 0 radical (unpaired) electrons. The highest BCUT2D eigenvalue weighted by Gasteiger charge is 2.38. The molecule has 2 heteroatoms. The van der Waals surface area contributed by atoms with Gasteiger partial charge < -0.3 is 5.32 Å². The van der Waals surface area contributed by atoms with E-state index in [4.69, 9.17) is 0 Å². The third-order valence-electron chi connectivity index (χ3n) is 2.56. The Labute approximate surface area is 73.0 Å². The van der Waals surface area contributed by atoms with Crippen molar-refractivity contribution < 1.29 is 0 Å². The molecule has 1 N–H and O–H groups in total. The molecule has 1 aliphatic rings. The maximum absolute atomic E-state index is 4.11. The Morgan fingerprint density at radius 3 is 2.83 bits per heavy atom. The highest BCUT2D eigenvalue weighted by Crippen LogP contribution is 2.39. The van der Waals surface area contributed by atoms with E-state index < -0.39 is 0 Å². The maximum Gasteiger partial charge on any atom is 0.0399 e. The summed E-state index contributed by atoms with van der Waals surface area (Å²) in [7, 11) is 0. The first-order chi connectivity index (χ1) is 5.70. The molecule has 64 valence electrons. The molecule has 2 rings (SSSR count). The Morgan fingerprint density at radius 1 is 1.58 bits per heavy atom. The molecule has 1 fully saturated rings. The van der Waals surface area contributed by atoms with E-state index in [0.29, 0.717) is 11.5 Å². The molecule has 1 aliphatic heterocycles. The molecule has 0 bridgehead atoms. The average molecular weight is 162 g/mol. The van der Waals surface area contributed by atoms with Crippen LogP contribution in [-0.4, -0.2) is 11.5 Å². The van der Waals surface area contributed by atoms with Gasteiger partial charge in [0.25, 0.3) is 0 Å². The Morgan fingerprint density at radius 2 is 2.42 bits per heavy atom. The number of pyridine rings is 1. The maximum atomic E-state index is 4.11. The van der Waals surface area contributed by atoms with Gasteiger partial charge >= 0.3 is 0 Å². The molecule has 0 unspecified atom stereocenters. The van der Waals surface area contributed by atoms with Crippen LogP contribution < -0.4 is 5.32 Å². The molecular formula is C10H14N2. The van der Waals surface area contributed by atoms with Gasteiger partial charge in [-0.15, -0.1) is 0 Å². The molecule has 1 atom stereocenters. The first kappa shape index (κ1) is 7.74. The standard InChI is InChI=1S/C10H14N2/c1-10(2)7-12-9(10)8-4-3-5-11-6-8/h3-6,9,12H,7H2,1-2H3/t9-/m1/s1. The van der Waals surface area contributed by atoms with Gasteiger partial charge in [0.15, 0.2) is 0 Å². The Balaban J connectivity index is 2.22. The molecule has 1 saturated heterocycles. The minimum absolute atomic E-state index is 0.392. The summed E-state index contributed by atoms with van der Waals surface area (Å²) in [6.07, 6.45) is 3.76. The summed E-state index contributed by atoms with van der Waals surface area (Å²) < 4.78 is 0. The van der Waals surface area contributed by atoms with E-state index in [1.54, 1.807) is 0 Å². The quantitative estimate of drug-likeness (QED) is 0.680. The lowest BCUT2D eigenvalue weighted by molar-refractivity contribution is 0.128. The lowest BCUT2D eigenvalue weighted by atomic mass is 9.74. The predicted molar refractivity (Wildman–Crippen MR) is 48.8 cm³/mol. The van der Waals surface area contributed by atoms with Crippen LogP contribution in [0.25, 0.3) is 0 Å². The van der Waals surface area contributed by atoms with E-state index >= 15 is 0 Å². The van der Waals surface area contributed by atoms with E-state index in [-0.39, 0.29) is 0 Å². The van der Waals surface area contributed by atoms with E-state index in [2.05, 4.69) is 30.2 Å². The Kier molecular flexibility index (Phi) is 1.65. The number of hydrogen-bond acceptors (Lipinski definition) is 2. The highest BCUT2D eigenvalue weighted by atomic mass is 15.0. The van der Waals surface area contributed by atoms with Crippen LogP contribution in [0.1, 0.15) is 25.5 Å². The van der Waals surface area contributed by atoms with Gasteiger partial charge in [-0.2, -0.15) is 0 Å². The van der Waals surface area contributed by atoms with Crippen molar-refractivity contribution in [3.63, 3.8) is 0 Å². The van der Waals surface area contributed by atoms with Crippen molar-refractivity contribution in [3.05, 3.63) is 30.1 Å². The fraction of sp³-hybridized carbons (Fsp3) is 0.500. The summed E-state index contributed by atoms with van der Waals surface area (Å²) in [5, 5.41) is 3.41. The molecule has 1 aromatic rings. The third-order valence-corrected chi connectivity index (χ3v) is 2.56.